The van der Waals surface area contributed by atoms with Crippen LogP contribution in [-0.2, 0) is 10.0 Å². The molecule has 12 heteroatoms. The second-order valence-electron chi connectivity index (χ2n) is 6.93. The summed E-state index contributed by atoms with van der Waals surface area (Å²) in [6, 6.07) is 14.7. The number of anilines is 2. The van der Waals surface area contributed by atoms with Gasteiger partial charge in [0.1, 0.15) is 4.90 Å². The predicted octanol–water partition coefficient (Wildman–Crippen LogP) is 4.61. The molecule has 0 aliphatic carbocycles. The molecule has 1 aliphatic rings. The first-order chi connectivity index (χ1) is 15.7. The highest BCUT2D eigenvalue weighted by molar-refractivity contribution is 7.92. The first-order valence-electron chi connectivity index (χ1n) is 9.50. The molecule has 0 fully saturated rings. The van der Waals surface area contributed by atoms with Crippen molar-refractivity contribution in [1.82, 2.24) is 0 Å². The molecule has 3 aromatic carbocycles. The van der Waals surface area contributed by atoms with E-state index in [1.165, 1.54) is 36.4 Å². The van der Waals surface area contributed by atoms with Gasteiger partial charge in [-0.15, -0.1) is 0 Å². The van der Waals surface area contributed by atoms with Gasteiger partial charge in [0.05, 0.1) is 16.3 Å². The van der Waals surface area contributed by atoms with Crippen LogP contribution in [0.2, 0.25) is 5.02 Å². The Hall–Kier alpha value is -3.83. The number of benzene rings is 3. The molecule has 0 saturated carbocycles. The molecule has 33 heavy (non-hydrogen) atoms. The van der Waals surface area contributed by atoms with Crippen LogP contribution in [0, 0.1) is 10.1 Å². The number of hydrazone groups is 1. The van der Waals surface area contributed by atoms with E-state index in [1.807, 2.05) is 0 Å². The molecule has 0 radical (unpaired) electrons. The van der Waals surface area contributed by atoms with Gasteiger partial charge < -0.3 is 9.47 Å². The molecule has 3 aromatic rings. The van der Waals surface area contributed by atoms with Crippen molar-refractivity contribution in [2.24, 2.45) is 5.10 Å². The van der Waals surface area contributed by atoms with Gasteiger partial charge in [-0.2, -0.15) is 5.10 Å². The average molecular weight is 489 g/mol. The van der Waals surface area contributed by atoms with E-state index in [2.05, 4.69) is 15.2 Å². The third-order valence-corrected chi connectivity index (χ3v) is 6.37. The largest absolute Gasteiger partial charge is 0.454 e. The molecule has 0 atom stereocenters. The van der Waals surface area contributed by atoms with E-state index in [1.54, 1.807) is 25.1 Å². The molecule has 0 spiro atoms. The van der Waals surface area contributed by atoms with Crippen LogP contribution in [0.5, 0.6) is 11.5 Å². The van der Waals surface area contributed by atoms with Crippen molar-refractivity contribution in [1.29, 1.82) is 0 Å². The molecular weight excluding hydrogens is 472 g/mol. The van der Waals surface area contributed by atoms with E-state index in [0.29, 0.717) is 22.2 Å². The van der Waals surface area contributed by atoms with Gasteiger partial charge in [0.25, 0.3) is 15.7 Å². The Morgan fingerprint density at radius 3 is 2.52 bits per heavy atom. The highest BCUT2D eigenvalue weighted by Gasteiger charge is 2.23. The van der Waals surface area contributed by atoms with Gasteiger partial charge in [-0.1, -0.05) is 11.6 Å². The van der Waals surface area contributed by atoms with Gasteiger partial charge in [-0.3, -0.25) is 20.3 Å². The number of halogens is 1. The predicted molar refractivity (Wildman–Crippen MR) is 124 cm³/mol. The van der Waals surface area contributed by atoms with Gasteiger partial charge in [-0.05, 0) is 55.5 Å². The standard InChI is InChI=1S/C21H17ClN4O6S/c1-13(14-2-9-19-20(10-14)32-12-31-19)23-24-18-8-7-17(26(27)28)11-21(18)33(29,30)25-16-5-3-15(22)4-6-16/h2-11,24-25H,12H2,1H3/b23-13-. The summed E-state index contributed by atoms with van der Waals surface area (Å²) in [7, 11) is -4.20. The molecule has 4 rings (SSSR count). The van der Waals surface area contributed by atoms with E-state index in [9.17, 15) is 18.5 Å². The lowest BCUT2D eigenvalue weighted by Gasteiger charge is -2.13. The van der Waals surface area contributed by atoms with Crippen LogP contribution < -0.4 is 19.6 Å². The number of ether oxygens (including phenoxy) is 2. The number of nitro benzene ring substituents is 1. The monoisotopic (exact) mass is 488 g/mol. The first kappa shape index (κ1) is 22.4. The van der Waals surface area contributed by atoms with Gasteiger partial charge in [-0.25, -0.2) is 8.42 Å². The van der Waals surface area contributed by atoms with Crippen LogP contribution in [0.3, 0.4) is 0 Å². The van der Waals surface area contributed by atoms with Crippen LogP contribution in [-0.4, -0.2) is 25.8 Å². The fourth-order valence-electron chi connectivity index (χ4n) is 3.00. The lowest BCUT2D eigenvalue weighted by atomic mass is 10.1. The maximum Gasteiger partial charge on any atom is 0.270 e. The van der Waals surface area contributed by atoms with Gasteiger partial charge in [0.15, 0.2) is 11.5 Å². The van der Waals surface area contributed by atoms with Crippen molar-refractivity contribution in [2.75, 3.05) is 16.9 Å². The summed E-state index contributed by atoms with van der Waals surface area (Å²) in [6.45, 7) is 1.86. The number of nitrogens with one attached hydrogen (secondary N) is 2. The number of nitro groups is 1. The van der Waals surface area contributed by atoms with Gasteiger partial charge >= 0.3 is 0 Å². The second-order valence-corrected chi connectivity index (χ2v) is 9.01. The molecule has 2 N–H and O–H groups in total. The van der Waals surface area contributed by atoms with E-state index < -0.39 is 14.9 Å². The van der Waals surface area contributed by atoms with Crippen molar-refractivity contribution in [3.05, 3.63) is 81.4 Å². The van der Waals surface area contributed by atoms with Gasteiger partial charge in [0, 0.05) is 28.4 Å². The summed E-state index contributed by atoms with van der Waals surface area (Å²) in [5.74, 6) is 1.20. The molecule has 0 unspecified atom stereocenters. The molecule has 1 aliphatic heterocycles. The number of sulfonamides is 1. The number of hydrogen-bond donors (Lipinski definition) is 2. The summed E-state index contributed by atoms with van der Waals surface area (Å²) in [6.07, 6.45) is 0. The maximum absolute atomic E-state index is 13.0. The zero-order chi connectivity index (χ0) is 23.6. The Labute approximate surface area is 194 Å². The van der Waals surface area contributed by atoms with E-state index in [4.69, 9.17) is 21.1 Å². The van der Waals surface area contributed by atoms with Crippen molar-refractivity contribution < 1.29 is 22.8 Å². The van der Waals surface area contributed by atoms with Crippen LogP contribution in [0.25, 0.3) is 0 Å². The topological polar surface area (TPSA) is 132 Å². The van der Waals surface area contributed by atoms with Crippen molar-refractivity contribution >= 4 is 44.4 Å². The molecule has 10 nitrogen and oxygen atoms in total. The van der Waals surface area contributed by atoms with Crippen molar-refractivity contribution in [3.8, 4) is 11.5 Å². The SMILES string of the molecule is C/C(=N/Nc1ccc([N+](=O)[O-])cc1S(=O)(=O)Nc1ccc(Cl)cc1)c1ccc2c(c1)OCO2. The average Bonchev–Trinajstić information content (AvgIpc) is 3.26. The molecule has 0 bridgehead atoms. The summed E-state index contributed by atoms with van der Waals surface area (Å²) in [5, 5.41) is 15.9. The fraction of sp³-hybridized carbons (Fsp3) is 0.0952. The highest BCUT2D eigenvalue weighted by atomic mass is 35.5. The Bertz CT molecular complexity index is 1360. The summed E-state index contributed by atoms with van der Waals surface area (Å²) < 4.78 is 39.1. The van der Waals surface area contributed by atoms with E-state index in [-0.39, 0.29) is 28.8 Å². The van der Waals surface area contributed by atoms with Crippen LogP contribution in [0.4, 0.5) is 17.1 Å². The summed E-state index contributed by atoms with van der Waals surface area (Å²) >= 11 is 5.84. The van der Waals surface area contributed by atoms with Crippen molar-refractivity contribution in [2.45, 2.75) is 11.8 Å². The number of nitrogens with zero attached hydrogens (tertiary/aromatic N) is 2. The lowest BCUT2D eigenvalue weighted by molar-refractivity contribution is -0.385. The van der Waals surface area contributed by atoms with Crippen molar-refractivity contribution in [3.63, 3.8) is 0 Å². The molecule has 170 valence electrons. The quantitative estimate of drug-likeness (QED) is 0.282. The molecule has 0 saturated heterocycles. The maximum atomic E-state index is 13.0. The normalized spacial score (nSPS) is 13.0. The van der Waals surface area contributed by atoms with E-state index in [0.717, 1.165) is 11.6 Å². The third-order valence-electron chi connectivity index (χ3n) is 4.70. The van der Waals surface area contributed by atoms with E-state index >= 15 is 0 Å². The van der Waals surface area contributed by atoms with Crippen LogP contribution in [0.1, 0.15) is 12.5 Å². The number of rotatable bonds is 7. The molecule has 0 amide bonds. The minimum Gasteiger partial charge on any atom is -0.454 e. The third kappa shape index (κ3) is 4.99. The second kappa shape index (κ2) is 8.96. The van der Waals surface area contributed by atoms with Gasteiger partial charge in [0.2, 0.25) is 6.79 Å². The summed E-state index contributed by atoms with van der Waals surface area (Å²) in [4.78, 5) is 10.2. The molecule has 1 heterocycles. The smallest absolute Gasteiger partial charge is 0.270 e. The Morgan fingerprint density at radius 1 is 1.06 bits per heavy atom. The zero-order valence-corrected chi connectivity index (χ0v) is 18.7. The van der Waals surface area contributed by atoms with Crippen LogP contribution >= 0.6 is 11.6 Å². The number of fused-ring (bicyclic) bond motifs is 1. The highest BCUT2D eigenvalue weighted by Crippen LogP contribution is 2.33. The number of hydrogen-bond acceptors (Lipinski definition) is 8. The fourth-order valence-corrected chi connectivity index (χ4v) is 4.36. The van der Waals surface area contributed by atoms with Crippen LogP contribution in [0.15, 0.2) is 70.7 Å². The first-order valence-corrected chi connectivity index (χ1v) is 11.4. The number of non-ortho nitro benzene ring substituents is 1. The Balaban J connectivity index is 1.65. The molecular formula is C21H17ClN4O6S. The lowest BCUT2D eigenvalue weighted by Crippen LogP contribution is -2.15. The molecule has 0 aromatic heterocycles. The summed E-state index contributed by atoms with van der Waals surface area (Å²) in [5.41, 5.74) is 3.87. The Kier molecular flexibility index (Phi) is 6.07. The zero-order valence-electron chi connectivity index (χ0n) is 17.1. The minimum absolute atomic E-state index is 0.0576. The minimum atomic E-state index is -4.20. The Morgan fingerprint density at radius 2 is 1.79 bits per heavy atom.